The van der Waals surface area contributed by atoms with Crippen molar-refractivity contribution in [2.45, 2.75) is 64.3 Å². The largest absolute Gasteiger partial charge is 0.481 e. The molecule has 262 valence electrons. The number of fused-ring (bicyclic) bond motifs is 1. The van der Waals surface area contributed by atoms with E-state index in [1.807, 2.05) is 24.3 Å². The molecule has 1 aliphatic carbocycles. The summed E-state index contributed by atoms with van der Waals surface area (Å²) in [6.07, 6.45) is -4.06. The number of ether oxygens (including phenoxy) is 3. The first-order chi connectivity index (χ1) is 23.4. The molecule has 14 heteroatoms. The molecule has 0 saturated carbocycles. The lowest BCUT2D eigenvalue weighted by Crippen LogP contribution is -2.24. The summed E-state index contributed by atoms with van der Waals surface area (Å²) < 4.78 is 59.7. The fraction of sp³-hybridized carbons (Fsp3) is 0.400. The minimum atomic E-state index is -4.74. The third kappa shape index (κ3) is 8.42. The predicted molar refractivity (Wildman–Crippen MR) is 179 cm³/mol. The first-order valence-corrected chi connectivity index (χ1v) is 16.2. The molecule has 0 radical (unpaired) electrons. The van der Waals surface area contributed by atoms with Gasteiger partial charge >= 0.3 is 6.18 Å². The molecule has 0 bridgehead atoms. The van der Waals surface area contributed by atoms with E-state index in [0.29, 0.717) is 59.3 Å². The molecule has 0 spiro atoms. The van der Waals surface area contributed by atoms with Gasteiger partial charge in [0.05, 0.1) is 42.8 Å². The van der Waals surface area contributed by atoms with Crippen molar-refractivity contribution in [3.63, 3.8) is 0 Å². The standard InChI is InChI=1S/C35H39ClF3N5O5/c1-19(45)15-40-17-21-8-10-28(43-32(21)47-3)26-12-13-42-31(30(26)36)25-7-5-6-24-23(25)9-11-29(24)49-34-27(35(37,38)39)14-22(33(44-34)48-4)18-41-16-20(2)46/h5-8,10,12-14,19-20,29,40-41,45-46H,9,11,15-18H2,1-4H3/t19-,20-,29+/m0/s1. The van der Waals surface area contributed by atoms with E-state index in [1.54, 1.807) is 32.2 Å². The zero-order valence-corrected chi connectivity index (χ0v) is 28.3. The molecule has 3 aromatic heterocycles. The number of benzene rings is 1. The first-order valence-electron chi connectivity index (χ1n) is 15.8. The van der Waals surface area contributed by atoms with Crippen LogP contribution < -0.4 is 24.8 Å². The topological polar surface area (TPSA) is 131 Å². The molecule has 0 unspecified atom stereocenters. The number of aliphatic hydroxyl groups excluding tert-OH is 2. The highest BCUT2D eigenvalue weighted by Crippen LogP contribution is 2.45. The van der Waals surface area contributed by atoms with Crippen molar-refractivity contribution in [1.82, 2.24) is 25.6 Å². The highest BCUT2D eigenvalue weighted by Gasteiger charge is 2.38. The Morgan fingerprint density at radius 1 is 0.898 bits per heavy atom. The normalized spacial score (nSPS) is 15.5. The zero-order chi connectivity index (χ0) is 35.3. The molecule has 1 aliphatic rings. The van der Waals surface area contributed by atoms with E-state index in [2.05, 4.69) is 25.6 Å². The predicted octanol–water partition coefficient (Wildman–Crippen LogP) is 5.90. The molecule has 49 heavy (non-hydrogen) atoms. The van der Waals surface area contributed by atoms with Crippen LogP contribution in [0.1, 0.15) is 54.2 Å². The van der Waals surface area contributed by atoms with E-state index >= 15 is 0 Å². The maximum Gasteiger partial charge on any atom is 0.421 e. The highest BCUT2D eigenvalue weighted by molar-refractivity contribution is 6.35. The number of alkyl halides is 3. The molecule has 0 amide bonds. The summed E-state index contributed by atoms with van der Waals surface area (Å²) >= 11 is 6.99. The smallest absolute Gasteiger partial charge is 0.421 e. The van der Waals surface area contributed by atoms with Crippen LogP contribution in [0.4, 0.5) is 13.2 Å². The minimum absolute atomic E-state index is 0.00449. The highest BCUT2D eigenvalue weighted by atomic mass is 35.5. The molecule has 10 nitrogen and oxygen atoms in total. The van der Waals surface area contributed by atoms with Crippen molar-refractivity contribution in [2.75, 3.05) is 27.3 Å². The summed E-state index contributed by atoms with van der Waals surface area (Å²) in [6, 6.07) is 11.9. The second-order valence-electron chi connectivity index (χ2n) is 11.9. The van der Waals surface area contributed by atoms with Crippen LogP contribution in [0.5, 0.6) is 17.6 Å². The van der Waals surface area contributed by atoms with E-state index in [0.717, 1.165) is 22.8 Å². The molecule has 1 aromatic carbocycles. The number of nitrogens with zero attached hydrogens (tertiary/aromatic N) is 3. The Balaban J connectivity index is 1.45. The van der Waals surface area contributed by atoms with E-state index in [1.165, 1.54) is 14.2 Å². The van der Waals surface area contributed by atoms with Gasteiger partial charge in [0.1, 0.15) is 11.7 Å². The van der Waals surface area contributed by atoms with Crippen LogP contribution in [0, 0.1) is 0 Å². The van der Waals surface area contributed by atoms with Gasteiger partial charge in [-0.1, -0.05) is 35.9 Å². The molecule has 0 saturated heterocycles. The molecule has 0 fully saturated rings. The van der Waals surface area contributed by atoms with Gasteiger partial charge < -0.3 is 35.1 Å². The van der Waals surface area contributed by atoms with Gasteiger partial charge in [-0.25, -0.2) is 4.98 Å². The van der Waals surface area contributed by atoms with Crippen LogP contribution in [0.3, 0.4) is 0 Å². The van der Waals surface area contributed by atoms with Gasteiger partial charge in [-0.05, 0) is 56.0 Å². The summed E-state index contributed by atoms with van der Waals surface area (Å²) in [5.74, 6) is -0.164. The second kappa shape index (κ2) is 15.7. The van der Waals surface area contributed by atoms with Crippen LogP contribution in [-0.2, 0) is 25.7 Å². The van der Waals surface area contributed by atoms with Crippen LogP contribution in [0.15, 0.2) is 48.7 Å². The van der Waals surface area contributed by atoms with Crippen molar-refractivity contribution < 1.29 is 37.6 Å². The summed E-state index contributed by atoms with van der Waals surface area (Å²) in [5.41, 5.74) is 4.01. The number of pyridine rings is 3. The average Bonchev–Trinajstić information content (AvgIpc) is 3.47. The monoisotopic (exact) mass is 701 g/mol. The van der Waals surface area contributed by atoms with Gasteiger partial charge in [-0.15, -0.1) is 0 Å². The zero-order valence-electron chi connectivity index (χ0n) is 27.6. The third-order valence-electron chi connectivity index (χ3n) is 8.06. The van der Waals surface area contributed by atoms with Crippen LogP contribution >= 0.6 is 11.6 Å². The third-order valence-corrected chi connectivity index (χ3v) is 8.44. The molecule has 3 atom stereocenters. The summed E-state index contributed by atoms with van der Waals surface area (Å²) in [5, 5.41) is 25.5. The number of aliphatic hydroxyl groups is 2. The molecular formula is C35H39ClF3N5O5. The number of hydrogen-bond acceptors (Lipinski definition) is 10. The van der Waals surface area contributed by atoms with E-state index in [9.17, 15) is 23.4 Å². The number of rotatable bonds is 14. The second-order valence-corrected chi connectivity index (χ2v) is 12.2. The summed E-state index contributed by atoms with van der Waals surface area (Å²) in [4.78, 5) is 13.4. The number of methoxy groups -OCH3 is 2. The Bertz CT molecular complexity index is 1770. The van der Waals surface area contributed by atoms with Crippen molar-refractivity contribution >= 4 is 11.6 Å². The molecule has 0 aliphatic heterocycles. The van der Waals surface area contributed by atoms with E-state index < -0.39 is 35.9 Å². The lowest BCUT2D eigenvalue weighted by Gasteiger charge is -2.21. The lowest BCUT2D eigenvalue weighted by atomic mass is 9.98. The fourth-order valence-corrected chi connectivity index (χ4v) is 6.12. The Morgan fingerprint density at radius 2 is 1.57 bits per heavy atom. The molecular weight excluding hydrogens is 663 g/mol. The Kier molecular flexibility index (Phi) is 11.6. The molecule has 4 N–H and O–H groups in total. The minimum Gasteiger partial charge on any atom is -0.481 e. The number of halogens is 4. The van der Waals surface area contributed by atoms with Crippen molar-refractivity contribution in [1.29, 1.82) is 0 Å². The van der Waals surface area contributed by atoms with Crippen LogP contribution in [0.2, 0.25) is 5.02 Å². The van der Waals surface area contributed by atoms with Gasteiger partial charge in [0.15, 0.2) is 0 Å². The van der Waals surface area contributed by atoms with Gasteiger partial charge in [-0.2, -0.15) is 18.2 Å². The lowest BCUT2D eigenvalue weighted by molar-refractivity contribution is -0.139. The fourth-order valence-electron chi connectivity index (χ4n) is 5.80. The maximum absolute atomic E-state index is 14.3. The summed E-state index contributed by atoms with van der Waals surface area (Å²) in [6.45, 7) is 4.34. The van der Waals surface area contributed by atoms with Crippen molar-refractivity contribution in [3.8, 4) is 40.2 Å². The van der Waals surface area contributed by atoms with E-state index in [-0.39, 0.29) is 24.5 Å². The Labute approximate surface area is 287 Å². The van der Waals surface area contributed by atoms with Gasteiger partial charge in [-0.3, -0.25) is 4.98 Å². The number of aromatic nitrogens is 3. The number of hydrogen-bond donors (Lipinski definition) is 4. The molecule has 5 rings (SSSR count). The SMILES string of the molecule is COc1nc(-c2ccnc(-c3cccc4c3CC[C@H]4Oc3nc(OC)c(CNC[C@H](C)O)cc3C(F)(F)F)c2Cl)ccc1CNC[C@H](C)O. The maximum atomic E-state index is 14.3. The molecule has 4 aromatic rings. The van der Waals surface area contributed by atoms with Crippen molar-refractivity contribution in [3.05, 3.63) is 81.5 Å². The van der Waals surface area contributed by atoms with Gasteiger partial charge in [0, 0.05) is 54.6 Å². The van der Waals surface area contributed by atoms with Crippen molar-refractivity contribution in [2.24, 2.45) is 0 Å². The summed E-state index contributed by atoms with van der Waals surface area (Å²) in [7, 11) is 2.86. The Hall–Kier alpha value is -4.01. The average molecular weight is 702 g/mol. The quantitative estimate of drug-likeness (QED) is 0.126. The van der Waals surface area contributed by atoms with Crippen LogP contribution in [0.25, 0.3) is 22.5 Å². The first kappa shape index (κ1) is 36.3. The van der Waals surface area contributed by atoms with Crippen LogP contribution in [-0.4, -0.2) is 64.7 Å². The van der Waals surface area contributed by atoms with Gasteiger partial charge in [0.25, 0.3) is 0 Å². The van der Waals surface area contributed by atoms with Gasteiger partial charge in [0.2, 0.25) is 17.6 Å². The van der Waals surface area contributed by atoms with E-state index in [4.69, 9.17) is 25.8 Å². The molecule has 3 heterocycles. The Morgan fingerprint density at radius 3 is 2.22 bits per heavy atom. The number of nitrogens with one attached hydrogen (secondary N) is 2.